The van der Waals surface area contributed by atoms with Crippen LogP contribution in [0.3, 0.4) is 0 Å². The van der Waals surface area contributed by atoms with Crippen molar-refractivity contribution in [3.05, 3.63) is 21.9 Å². The van der Waals surface area contributed by atoms with Crippen molar-refractivity contribution >= 4 is 23.2 Å². The molecule has 0 unspecified atom stereocenters. The van der Waals surface area contributed by atoms with Crippen molar-refractivity contribution in [2.24, 2.45) is 0 Å². The molecule has 0 bridgehead atoms. The Balaban J connectivity index is 2.41. The fraction of sp³-hybridized carbons (Fsp3) is 0.385. The summed E-state index contributed by atoms with van der Waals surface area (Å²) in [6.07, 6.45) is 0.154. The van der Waals surface area contributed by atoms with Crippen LogP contribution in [-0.4, -0.2) is 36.7 Å². The van der Waals surface area contributed by atoms with Gasteiger partial charge in [-0.3, -0.25) is 9.59 Å². The summed E-state index contributed by atoms with van der Waals surface area (Å²) in [6.45, 7) is 2.10. The largest absolute Gasteiger partial charge is 0.466 e. The summed E-state index contributed by atoms with van der Waals surface area (Å²) in [7, 11) is 0. The lowest BCUT2D eigenvalue weighted by molar-refractivity contribution is -0.142. The molecule has 1 amide bonds. The van der Waals surface area contributed by atoms with Gasteiger partial charge in [0.05, 0.1) is 23.5 Å². The third-order valence-corrected chi connectivity index (χ3v) is 2.92. The van der Waals surface area contributed by atoms with Gasteiger partial charge in [-0.1, -0.05) is 11.8 Å². The average Bonchev–Trinajstić information content (AvgIpc) is 2.85. The Morgan fingerprint density at radius 3 is 3.00 bits per heavy atom. The average molecular weight is 281 g/mol. The summed E-state index contributed by atoms with van der Waals surface area (Å²) in [4.78, 5) is 23.5. The van der Waals surface area contributed by atoms with Crippen LogP contribution < -0.4 is 5.32 Å². The van der Waals surface area contributed by atoms with Crippen molar-refractivity contribution < 1.29 is 19.4 Å². The van der Waals surface area contributed by atoms with Gasteiger partial charge in [0.2, 0.25) is 0 Å². The van der Waals surface area contributed by atoms with E-state index in [1.165, 1.54) is 11.3 Å². The molecule has 5 nitrogen and oxygen atoms in total. The molecular formula is C13H15NO4S. The first kappa shape index (κ1) is 15.2. The molecule has 0 aliphatic rings. The van der Waals surface area contributed by atoms with E-state index in [0.717, 1.165) is 0 Å². The number of aliphatic hydroxyl groups is 1. The zero-order chi connectivity index (χ0) is 14.1. The Labute approximate surface area is 115 Å². The van der Waals surface area contributed by atoms with E-state index >= 15 is 0 Å². The smallest absolute Gasteiger partial charge is 0.307 e. The first-order chi connectivity index (χ1) is 9.17. The van der Waals surface area contributed by atoms with Crippen LogP contribution in [0, 0.1) is 11.8 Å². The Hall–Kier alpha value is -1.84. The second-order valence-electron chi connectivity index (χ2n) is 3.47. The number of hydrogen-bond donors (Lipinski definition) is 2. The lowest BCUT2D eigenvalue weighted by Gasteiger charge is -2.03. The molecule has 0 spiro atoms. The van der Waals surface area contributed by atoms with Crippen molar-refractivity contribution in [2.75, 3.05) is 19.8 Å². The normalized spacial score (nSPS) is 9.37. The third-order valence-electron chi connectivity index (χ3n) is 2.07. The minimum Gasteiger partial charge on any atom is -0.466 e. The molecule has 0 aliphatic heterocycles. The van der Waals surface area contributed by atoms with Crippen molar-refractivity contribution in [1.82, 2.24) is 5.32 Å². The van der Waals surface area contributed by atoms with Crippen LogP contribution in [0.2, 0.25) is 0 Å². The fourth-order valence-corrected chi connectivity index (χ4v) is 2.02. The van der Waals surface area contributed by atoms with E-state index in [1.54, 1.807) is 18.4 Å². The van der Waals surface area contributed by atoms with Gasteiger partial charge in [-0.2, -0.15) is 0 Å². The molecule has 0 saturated carbocycles. The highest BCUT2D eigenvalue weighted by molar-refractivity contribution is 7.10. The Morgan fingerprint density at radius 2 is 2.32 bits per heavy atom. The molecule has 0 atom stereocenters. The number of esters is 1. The number of ether oxygens (including phenoxy) is 1. The monoisotopic (exact) mass is 281 g/mol. The summed E-state index contributed by atoms with van der Waals surface area (Å²) in [6, 6.07) is 1.65. The maximum atomic E-state index is 11.7. The summed E-state index contributed by atoms with van der Waals surface area (Å²) in [5.74, 6) is 4.65. The maximum absolute atomic E-state index is 11.7. The van der Waals surface area contributed by atoms with Gasteiger partial charge < -0.3 is 15.2 Å². The molecule has 19 heavy (non-hydrogen) atoms. The molecule has 102 valence electrons. The van der Waals surface area contributed by atoms with Crippen LogP contribution in [-0.2, 0) is 9.53 Å². The van der Waals surface area contributed by atoms with Crippen LogP contribution in [0.4, 0.5) is 0 Å². The van der Waals surface area contributed by atoms with Crippen molar-refractivity contribution in [1.29, 1.82) is 0 Å². The number of aliphatic hydroxyl groups excluding tert-OH is 1. The van der Waals surface area contributed by atoms with E-state index in [2.05, 4.69) is 17.2 Å². The quantitative estimate of drug-likeness (QED) is 0.617. The highest BCUT2D eigenvalue weighted by Crippen LogP contribution is 2.13. The lowest BCUT2D eigenvalue weighted by atomic mass is 10.3. The van der Waals surface area contributed by atoms with Gasteiger partial charge >= 0.3 is 5.97 Å². The molecule has 0 fully saturated rings. The van der Waals surface area contributed by atoms with Gasteiger partial charge in [0.25, 0.3) is 5.91 Å². The van der Waals surface area contributed by atoms with E-state index in [-0.39, 0.29) is 31.4 Å². The predicted molar refractivity (Wildman–Crippen MR) is 71.9 cm³/mol. The standard InChI is InChI=1S/C13H15NO4S/c1-2-18-12(16)5-6-14-13(17)10-8-11(19-9-10)4-3-7-15/h8-9,15H,2,5-7H2,1H3,(H,14,17). The number of hydrogen-bond acceptors (Lipinski definition) is 5. The second kappa shape index (κ2) is 8.29. The van der Waals surface area contributed by atoms with Crippen molar-refractivity contribution in [2.45, 2.75) is 13.3 Å². The molecule has 1 aromatic heterocycles. The molecule has 0 aliphatic carbocycles. The molecule has 0 radical (unpaired) electrons. The number of carbonyl (C=O) groups is 2. The number of rotatable bonds is 5. The van der Waals surface area contributed by atoms with Gasteiger partial charge in [0.15, 0.2) is 0 Å². The SMILES string of the molecule is CCOC(=O)CCNC(=O)c1csc(C#CCO)c1. The first-order valence-corrected chi connectivity index (χ1v) is 6.67. The molecule has 2 N–H and O–H groups in total. The predicted octanol–water partition coefficient (Wildman–Crippen LogP) is 0.775. The number of carbonyl (C=O) groups excluding carboxylic acids is 2. The number of nitrogens with one attached hydrogen (secondary N) is 1. The zero-order valence-electron chi connectivity index (χ0n) is 10.6. The zero-order valence-corrected chi connectivity index (χ0v) is 11.4. The van der Waals surface area contributed by atoms with Gasteiger partial charge in [0, 0.05) is 11.9 Å². The van der Waals surface area contributed by atoms with Crippen LogP contribution in [0.1, 0.15) is 28.6 Å². The molecule has 1 heterocycles. The van der Waals surface area contributed by atoms with Gasteiger partial charge in [0.1, 0.15) is 6.61 Å². The highest BCUT2D eigenvalue weighted by atomic mass is 32.1. The van der Waals surface area contributed by atoms with Gasteiger partial charge in [-0.15, -0.1) is 11.3 Å². The van der Waals surface area contributed by atoms with Gasteiger partial charge in [-0.25, -0.2) is 0 Å². The minimum atomic E-state index is -0.331. The molecule has 1 aromatic rings. The van der Waals surface area contributed by atoms with Crippen LogP contribution in [0.25, 0.3) is 0 Å². The van der Waals surface area contributed by atoms with Crippen LogP contribution >= 0.6 is 11.3 Å². The molecule has 0 saturated heterocycles. The summed E-state index contributed by atoms with van der Waals surface area (Å²) >= 11 is 1.33. The lowest BCUT2D eigenvalue weighted by Crippen LogP contribution is -2.26. The van der Waals surface area contributed by atoms with Crippen LogP contribution in [0.5, 0.6) is 0 Å². The van der Waals surface area contributed by atoms with Crippen LogP contribution in [0.15, 0.2) is 11.4 Å². The Kier molecular flexibility index (Phi) is 6.64. The van der Waals surface area contributed by atoms with Gasteiger partial charge in [-0.05, 0) is 13.0 Å². The molecule has 6 heteroatoms. The van der Waals surface area contributed by atoms with E-state index in [4.69, 9.17) is 9.84 Å². The van der Waals surface area contributed by atoms with Crippen molar-refractivity contribution in [3.8, 4) is 11.8 Å². The molecule has 0 aromatic carbocycles. The topological polar surface area (TPSA) is 75.6 Å². The fourth-order valence-electron chi connectivity index (χ4n) is 1.26. The molecular weight excluding hydrogens is 266 g/mol. The Bertz CT molecular complexity index is 498. The minimum absolute atomic E-state index is 0.154. The molecule has 1 rings (SSSR count). The summed E-state index contributed by atoms with van der Waals surface area (Å²) in [5.41, 5.74) is 0.496. The van der Waals surface area contributed by atoms with E-state index < -0.39 is 0 Å². The summed E-state index contributed by atoms with van der Waals surface area (Å²) < 4.78 is 4.75. The highest BCUT2D eigenvalue weighted by Gasteiger charge is 2.08. The number of thiophene rings is 1. The van der Waals surface area contributed by atoms with E-state index in [1.807, 2.05) is 0 Å². The Morgan fingerprint density at radius 1 is 1.53 bits per heavy atom. The number of amides is 1. The van der Waals surface area contributed by atoms with Crippen molar-refractivity contribution in [3.63, 3.8) is 0 Å². The first-order valence-electron chi connectivity index (χ1n) is 5.79. The second-order valence-corrected chi connectivity index (χ2v) is 4.38. The third kappa shape index (κ3) is 5.55. The summed E-state index contributed by atoms with van der Waals surface area (Å²) in [5, 5.41) is 12.9. The maximum Gasteiger partial charge on any atom is 0.307 e. The van der Waals surface area contributed by atoms with E-state index in [0.29, 0.717) is 17.0 Å². The van der Waals surface area contributed by atoms with E-state index in [9.17, 15) is 9.59 Å².